The minimum absolute atomic E-state index is 0.0500. The lowest BCUT2D eigenvalue weighted by Gasteiger charge is -2.20. The molecule has 2 N–H and O–H groups in total. The number of nitrogens with one attached hydrogen (secondary N) is 2. The van der Waals surface area contributed by atoms with E-state index >= 15 is 0 Å². The molecule has 2 aliphatic rings. The van der Waals surface area contributed by atoms with Gasteiger partial charge in [-0.15, -0.1) is 0 Å². The third-order valence-corrected chi connectivity index (χ3v) is 4.50. The fourth-order valence-electron chi connectivity index (χ4n) is 3.52. The summed E-state index contributed by atoms with van der Waals surface area (Å²) >= 11 is 0. The van der Waals surface area contributed by atoms with E-state index in [0.29, 0.717) is 0 Å². The monoisotopic (exact) mass is 268 g/mol. The normalized spacial score (nSPS) is 24.6. The van der Waals surface area contributed by atoms with Gasteiger partial charge in [0, 0.05) is 23.0 Å². The number of carbonyl (C=O) groups excluding carboxylic acids is 1. The summed E-state index contributed by atoms with van der Waals surface area (Å²) in [4.78, 5) is 15.8. The molecular weight excluding hydrogens is 248 g/mol. The van der Waals surface area contributed by atoms with E-state index < -0.39 is 0 Å². The molecule has 0 spiro atoms. The summed E-state index contributed by atoms with van der Waals surface area (Å²) in [5.74, 6) is -0.0650. The van der Waals surface area contributed by atoms with Gasteiger partial charge in [0.15, 0.2) is 0 Å². The van der Waals surface area contributed by atoms with Crippen molar-refractivity contribution in [3.8, 4) is 0 Å². The molecule has 2 unspecified atom stereocenters. The Morgan fingerprint density at radius 2 is 2.05 bits per heavy atom. The first kappa shape index (κ1) is 13.0. The number of H-pyrrole nitrogens is 1. The molecule has 104 valence electrons. The van der Waals surface area contributed by atoms with E-state index in [1.54, 1.807) is 0 Å². The van der Waals surface area contributed by atoms with E-state index in [9.17, 15) is 4.79 Å². The van der Waals surface area contributed by atoms with Crippen molar-refractivity contribution in [3.63, 3.8) is 0 Å². The predicted molar refractivity (Wildman–Crippen MR) is 80.4 cm³/mol. The summed E-state index contributed by atoms with van der Waals surface area (Å²) in [5, 5.41) is 3.00. The minimum atomic E-state index is -0.183. The number of carbonyl (C=O) groups is 1. The molecule has 20 heavy (non-hydrogen) atoms. The van der Waals surface area contributed by atoms with Crippen LogP contribution in [0.25, 0.3) is 0 Å². The minimum Gasteiger partial charge on any atom is -0.361 e. The zero-order chi connectivity index (χ0) is 14.4. The number of aromatic amines is 1. The lowest BCUT2D eigenvalue weighted by atomic mass is 9.81. The average Bonchev–Trinajstić information content (AvgIpc) is 2.87. The number of aryl methyl sites for hydroxylation is 1. The van der Waals surface area contributed by atoms with E-state index in [1.165, 1.54) is 16.8 Å². The fourth-order valence-corrected chi connectivity index (χ4v) is 3.52. The third kappa shape index (κ3) is 1.69. The summed E-state index contributed by atoms with van der Waals surface area (Å²) in [6, 6.07) is 0. The molecule has 1 saturated heterocycles. The number of allylic oxidation sites excluding steroid dienone is 4. The Labute approximate surface area is 119 Å². The second kappa shape index (κ2) is 4.51. The van der Waals surface area contributed by atoms with Crippen LogP contribution in [0.1, 0.15) is 35.4 Å². The summed E-state index contributed by atoms with van der Waals surface area (Å²) < 4.78 is 0. The Hall–Kier alpha value is -2.03. The number of rotatable bonds is 2. The van der Waals surface area contributed by atoms with Crippen LogP contribution in [0.5, 0.6) is 0 Å². The average molecular weight is 268 g/mol. The van der Waals surface area contributed by atoms with Crippen molar-refractivity contribution in [2.24, 2.45) is 5.92 Å². The van der Waals surface area contributed by atoms with Gasteiger partial charge in [-0.25, -0.2) is 0 Å². The number of hydrogen-bond acceptors (Lipinski definition) is 1. The van der Waals surface area contributed by atoms with Gasteiger partial charge in [-0.2, -0.15) is 0 Å². The van der Waals surface area contributed by atoms with E-state index in [4.69, 9.17) is 0 Å². The highest BCUT2D eigenvalue weighted by Gasteiger charge is 2.43. The molecule has 0 radical (unpaired) electrons. The Kier molecular flexibility index (Phi) is 2.93. The Bertz CT molecular complexity index is 661. The predicted octanol–water partition coefficient (Wildman–Crippen LogP) is 3.03. The van der Waals surface area contributed by atoms with Gasteiger partial charge in [0.1, 0.15) is 0 Å². The summed E-state index contributed by atoms with van der Waals surface area (Å²) in [5.41, 5.74) is 6.72. The lowest BCUT2D eigenvalue weighted by molar-refractivity contribution is -0.120. The second-order valence-corrected chi connectivity index (χ2v) is 5.62. The van der Waals surface area contributed by atoms with Crippen LogP contribution in [-0.4, -0.2) is 10.9 Å². The van der Waals surface area contributed by atoms with Gasteiger partial charge in [-0.3, -0.25) is 4.79 Å². The summed E-state index contributed by atoms with van der Waals surface area (Å²) in [7, 11) is 0. The first-order valence-corrected chi connectivity index (χ1v) is 7.10. The van der Waals surface area contributed by atoms with Crippen LogP contribution >= 0.6 is 0 Å². The van der Waals surface area contributed by atoms with Crippen molar-refractivity contribution in [1.29, 1.82) is 0 Å². The van der Waals surface area contributed by atoms with Gasteiger partial charge in [0.05, 0.1) is 5.92 Å². The number of hydrogen-bond donors (Lipinski definition) is 2. The highest BCUT2D eigenvalue weighted by Crippen LogP contribution is 2.42. The molecule has 3 nitrogen and oxygen atoms in total. The molecule has 2 heterocycles. The lowest BCUT2D eigenvalue weighted by Crippen LogP contribution is -2.19. The van der Waals surface area contributed by atoms with Gasteiger partial charge in [0.25, 0.3) is 0 Å². The van der Waals surface area contributed by atoms with Gasteiger partial charge in [0.2, 0.25) is 5.91 Å². The molecule has 1 aliphatic heterocycles. The topological polar surface area (TPSA) is 44.9 Å². The van der Waals surface area contributed by atoms with Crippen molar-refractivity contribution in [3.05, 3.63) is 58.6 Å². The van der Waals surface area contributed by atoms with E-state index in [0.717, 1.165) is 23.4 Å². The summed E-state index contributed by atoms with van der Waals surface area (Å²) in [6.07, 6.45) is 6.90. The molecular formula is C17H20N2O. The molecule has 1 amide bonds. The van der Waals surface area contributed by atoms with Crippen LogP contribution in [0, 0.1) is 19.8 Å². The molecule has 1 aromatic heterocycles. The first-order chi connectivity index (χ1) is 9.54. The van der Waals surface area contributed by atoms with Crippen LogP contribution in [0.4, 0.5) is 0 Å². The Balaban J connectivity index is 2.10. The number of fused-ring (bicyclic) bond motifs is 1. The molecule has 0 bridgehead atoms. The molecule has 1 aliphatic carbocycles. The molecule has 0 aromatic carbocycles. The SMILES string of the molecule is C=C1C=CC=C2NC(=O)C(c3[nH]c(C)c(CC)c3C)C12. The van der Waals surface area contributed by atoms with E-state index in [1.807, 2.05) is 18.2 Å². The highest BCUT2D eigenvalue weighted by molar-refractivity contribution is 5.90. The van der Waals surface area contributed by atoms with Crippen LogP contribution in [0.3, 0.4) is 0 Å². The van der Waals surface area contributed by atoms with Crippen molar-refractivity contribution >= 4 is 5.91 Å². The number of amides is 1. The zero-order valence-corrected chi connectivity index (χ0v) is 12.2. The van der Waals surface area contributed by atoms with Crippen LogP contribution in [0.15, 0.2) is 36.1 Å². The van der Waals surface area contributed by atoms with Gasteiger partial charge >= 0.3 is 0 Å². The maximum absolute atomic E-state index is 12.4. The highest BCUT2D eigenvalue weighted by atomic mass is 16.2. The molecule has 3 rings (SSSR count). The summed E-state index contributed by atoms with van der Waals surface area (Å²) in [6.45, 7) is 10.4. The van der Waals surface area contributed by atoms with Crippen LogP contribution in [0.2, 0.25) is 0 Å². The molecule has 3 heteroatoms. The second-order valence-electron chi connectivity index (χ2n) is 5.62. The van der Waals surface area contributed by atoms with Gasteiger partial charge in [-0.1, -0.05) is 25.7 Å². The quantitative estimate of drug-likeness (QED) is 0.850. The van der Waals surface area contributed by atoms with Gasteiger partial charge < -0.3 is 10.3 Å². The zero-order valence-electron chi connectivity index (χ0n) is 12.2. The molecule has 1 fully saturated rings. The molecule has 2 atom stereocenters. The maximum atomic E-state index is 12.4. The smallest absolute Gasteiger partial charge is 0.234 e. The van der Waals surface area contributed by atoms with Crippen LogP contribution < -0.4 is 5.32 Å². The standard InChI is InChI=1S/C17H20N2O/c1-5-12-10(3)16(18-11(12)4)15-14-9(2)7-6-8-13(14)19-17(15)20/h6-8,14-15,18H,2,5H2,1,3-4H3,(H,19,20). The van der Waals surface area contributed by atoms with Crippen molar-refractivity contribution in [2.75, 3.05) is 0 Å². The van der Waals surface area contributed by atoms with Crippen molar-refractivity contribution in [1.82, 2.24) is 10.3 Å². The molecule has 0 saturated carbocycles. The Morgan fingerprint density at radius 3 is 2.70 bits per heavy atom. The number of aromatic nitrogens is 1. The maximum Gasteiger partial charge on any atom is 0.234 e. The van der Waals surface area contributed by atoms with Crippen LogP contribution in [-0.2, 0) is 11.2 Å². The first-order valence-electron chi connectivity index (χ1n) is 7.10. The van der Waals surface area contributed by atoms with Crippen molar-refractivity contribution in [2.45, 2.75) is 33.1 Å². The van der Waals surface area contributed by atoms with Gasteiger partial charge in [-0.05, 0) is 43.0 Å². The van der Waals surface area contributed by atoms with Crippen molar-refractivity contribution < 1.29 is 4.79 Å². The molecule has 1 aromatic rings. The third-order valence-electron chi connectivity index (χ3n) is 4.50. The fraction of sp³-hybridized carbons (Fsp3) is 0.353. The van der Waals surface area contributed by atoms with E-state index in [2.05, 4.69) is 37.7 Å². The largest absolute Gasteiger partial charge is 0.361 e. The Morgan fingerprint density at radius 1 is 1.30 bits per heavy atom. The van der Waals surface area contributed by atoms with E-state index in [-0.39, 0.29) is 17.7 Å².